The number of carbonyl (C=O) groups excluding carboxylic acids is 2. The molecule has 0 aliphatic rings. The van der Waals surface area contributed by atoms with Gasteiger partial charge < -0.3 is 15.4 Å². The number of carbonyl (C=O) groups is 2. The molecule has 0 atom stereocenters. The van der Waals surface area contributed by atoms with E-state index < -0.39 is 0 Å². The standard InChI is InChI=1S/C19H21BrN2O3/c1-3-25-16-6-4-5-14(11-16)19(24)21-10-9-18(23)22-17-12-15(20)8-7-13(17)2/h4-8,11-12H,3,9-10H2,1-2H3,(H,21,24)(H,22,23). The Balaban J connectivity index is 1.83. The lowest BCUT2D eigenvalue weighted by Crippen LogP contribution is -2.27. The Labute approximate surface area is 155 Å². The number of hydrogen-bond donors (Lipinski definition) is 2. The molecule has 0 aliphatic carbocycles. The highest BCUT2D eigenvalue weighted by Crippen LogP contribution is 2.20. The summed E-state index contributed by atoms with van der Waals surface area (Å²) in [5.74, 6) is 0.274. The molecule has 2 aromatic rings. The maximum atomic E-state index is 12.1. The second-order valence-electron chi connectivity index (χ2n) is 5.47. The summed E-state index contributed by atoms with van der Waals surface area (Å²) in [6.07, 6.45) is 0.197. The van der Waals surface area contributed by atoms with Crippen LogP contribution in [0, 0.1) is 6.92 Å². The number of halogens is 1. The molecule has 0 aromatic heterocycles. The molecule has 2 aromatic carbocycles. The maximum absolute atomic E-state index is 12.1. The second-order valence-corrected chi connectivity index (χ2v) is 6.39. The fraction of sp³-hybridized carbons (Fsp3) is 0.263. The number of amides is 2. The van der Waals surface area contributed by atoms with Crippen molar-refractivity contribution in [3.8, 4) is 5.75 Å². The first-order valence-electron chi connectivity index (χ1n) is 8.06. The highest BCUT2D eigenvalue weighted by atomic mass is 79.9. The van der Waals surface area contributed by atoms with Gasteiger partial charge in [-0.3, -0.25) is 9.59 Å². The predicted molar refractivity (Wildman–Crippen MR) is 102 cm³/mol. The molecule has 0 saturated carbocycles. The molecule has 0 heterocycles. The summed E-state index contributed by atoms with van der Waals surface area (Å²) in [5, 5.41) is 5.60. The summed E-state index contributed by atoms with van der Waals surface area (Å²) in [7, 11) is 0. The highest BCUT2D eigenvalue weighted by Gasteiger charge is 2.09. The zero-order valence-electron chi connectivity index (χ0n) is 14.3. The van der Waals surface area contributed by atoms with Crippen molar-refractivity contribution in [3.05, 3.63) is 58.1 Å². The third kappa shape index (κ3) is 5.90. The normalized spacial score (nSPS) is 10.2. The van der Waals surface area contributed by atoms with Gasteiger partial charge in [0.05, 0.1) is 6.61 Å². The fourth-order valence-electron chi connectivity index (χ4n) is 2.23. The minimum absolute atomic E-state index is 0.149. The number of nitrogens with one attached hydrogen (secondary N) is 2. The third-order valence-corrected chi connectivity index (χ3v) is 4.01. The number of aryl methyl sites for hydroxylation is 1. The van der Waals surface area contributed by atoms with Gasteiger partial charge >= 0.3 is 0 Å². The van der Waals surface area contributed by atoms with Gasteiger partial charge in [-0.2, -0.15) is 0 Å². The minimum atomic E-state index is -0.229. The van der Waals surface area contributed by atoms with Gasteiger partial charge in [0.15, 0.2) is 0 Å². The molecule has 132 valence electrons. The lowest BCUT2D eigenvalue weighted by atomic mass is 10.2. The summed E-state index contributed by atoms with van der Waals surface area (Å²) in [5.41, 5.74) is 2.25. The third-order valence-electron chi connectivity index (χ3n) is 3.52. The van der Waals surface area contributed by atoms with Gasteiger partial charge in [0.2, 0.25) is 5.91 Å². The number of anilines is 1. The Morgan fingerprint density at radius 3 is 2.72 bits per heavy atom. The Bertz CT molecular complexity index is 762. The van der Waals surface area contributed by atoms with Gasteiger partial charge in [-0.1, -0.05) is 28.1 Å². The molecule has 2 N–H and O–H groups in total. The SMILES string of the molecule is CCOc1cccc(C(=O)NCCC(=O)Nc2cc(Br)ccc2C)c1. The quantitative estimate of drug-likeness (QED) is 0.734. The molecule has 25 heavy (non-hydrogen) atoms. The molecule has 6 heteroatoms. The van der Waals surface area contributed by atoms with Crippen LogP contribution in [0.15, 0.2) is 46.9 Å². The summed E-state index contributed by atoms with van der Waals surface area (Å²) in [6, 6.07) is 12.7. The van der Waals surface area contributed by atoms with Crippen molar-refractivity contribution in [2.75, 3.05) is 18.5 Å². The lowest BCUT2D eigenvalue weighted by molar-refractivity contribution is -0.116. The molecule has 0 radical (unpaired) electrons. The van der Waals surface area contributed by atoms with Crippen LogP contribution in [0.3, 0.4) is 0 Å². The van der Waals surface area contributed by atoms with E-state index in [9.17, 15) is 9.59 Å². The van der Waals surface area contributed by atoms with Gasteiger partial charge in [-0.15, -0.1) is 0 Å². The van der Waals surface area contributed by atoms with Crippen molar-refractivity contribution in [1.82, 2.24) is 5.32 Å². The Morgan fingerprint density at radius 2 is 1.96 bits per heavy atom. The van der Waals surface area contributed by atoms with Gasteiger partial charge in [-0.25, -0.2) is 0 Å². The van der Waals surface area contributed by atoms with Crippen LogP contribution in [0.2, 0.25) is 0 Å². The molecule has 0 fully saturated rings. The minimum Gasteiger partial charge on any atom is -0.494 e. The van der Waals surface area contributed by atoms with Crippen molar-refractivity contribution in [1.29, 1.82) is 0 Å². The van der Waals surface area contributed by atoms with E-state index in [-0.39, 0.29) is 24.8 Å². The molecule has 0 spiro atoms. The summed E-state index contributed by atoms with van der Waals surface area (Å²) in [6.45, 7) is 4.62. The van der Waals surface area contributed by atoms with Gasteiger partial charge in [0, 0.05) is 28.7 Å². The van der Waals surface area contributed by atoms with E-state index in [0.717, 1.165) is 15.7 Å². The van der Waals surface area contributed by atoms with E-state index in [2.05, 4.69) is 26.6 Å². The predicted octanol–water partition coefficient (Wildman–Crippen LogP) is 3.91. The first-order valence-corrected chi connectivity index (χ1v) is 8.86. The van der Waals surface area contributed by atoms with Crippen LogP contribution in [0.25, 0.3) is 0 Å². The maximum Gasteiger partial charge on any atom is 0.251 e. The molecule has 2 rings (SSSR count). The van der Waals surface area contributed by atoms with Crippen LogP contribution in [0.4, 0.5) is 5.69 Å². The smallest absolute Gasteiger partial charge is 0.251 e. The van der Waals surface area contributed by atoms with E-state index in [0.29, 0.717) is 17.9 Å². The van der Waals surface area contributed by atoms with Crippen LogP contribution in [-0.2, 0) is 4.79 Å². The molecule has 2 amide bonds. The Kier molecular flexibility index (Phi) is 7.01. The molecule has 5 nitrogen and oxygen atoms in total. The Morgan fingerprint density at radius 1 is 1.16 bits per heavy atom. The largest absolute Gasteiger partial charge is 0.494 e. The first kappa shape index (κ1) is 19.0. The summed E-state index contributed by atoms with van der Waals surface area (Å²) >= 11 is 3.38. The zero-order chi connectivity index (χ0) is 18.2. The average Bonchev–Trinajstić information content (AvgIpc) is 2.58. The summed E-state index contributed by atoms with van der Waals surface area (Å²) < 4.78 is 6.28. The van der Waals surface area contributed by atoms with Crippen molar-refractivity contribution >= 4 is 33.4 Å². The number of ether oxygens (including phenoxy) is 1. The van der Waals surface area contributed by atoms with E-state index in [1.54, 1.807) is 24.3 Å². The van der Waals surface area contributed by atoms with E-state index in [1.807, 2.05) is 32.0 Å². The average molecular weight is 405 g/mol. The van der Waals surface area contributed by atoms with Gasteiger partial charge in [0.25, 0.3) is 5.91 Å². The molecule has 0 aliphatic heterocycles. The summed E-state index contributed by atoms with van der Waals surface area (Å²) in [4.78, 5) is 24.2. The molecule has 0 bridgehead atoms. The number of hydrogen-bond acceptors (Lipinski definition) is 3. The monoisotopic (exact) mass is 404 g/mol. The van der Waals surface area contributed by atoms with Crippen molar-refractivity contribution < 1.29 is 14.3 Å². The molecule has 0 saturated heterocycles. The lowest BCUT2D eigenvalue weighted by Gasteiger charge is -2.10. The molecular formula is C19H21BrN2O3. The topological polar surface area (TPSA) is 67.4 Å². The highest BCUT2D eigenvalue weighted by molar-refractivity contribution is 9.10. The zero-order valence-corrected chi connectivity index (χ0v) is 15.9. The van der Waals surface area contributed by atoms with E-state index >= 15 is 0 Å². The van der Waals surface area contributed by atoms with Crippen LogP contribution >= 0.6 is 15.9 Å². The van der Waals surface area contributed by atoms with Crippen molar-refractivity contribution in [2.45, 2.75) is 20.3 Å². The number of rotatable bonds is 7. The van der Waals surface area contributed by atoms with Crippen LogP contribution in [-0.4, -0.2) is 25.0 Å². The van der Waals surface area contributed by atoms with E-state index in [1.165, 1.54) is 0 Å². The van der Waals surface area contributed by atoms with Crippen LogP contribution < -0.4 is 15.4 Å². The first-order chi connectivity index (χ1) is 12.0. The van der Waals surface area contributed by atoms with Gasteiger partial charge in [-0.05, 0) is 49.7 Å². The fourth-order valence-corrected chi connectivity index (χ4v) is 2.59. The second kappa shape index (κ2) is 9.22. The van der Waals surface area contributed by atoms with Gasteiger partial charge in [0.1, 0.15) is 5.75 Å². The van der Waals surface area contributed by atoms with Crippen LogP contribution in [0.5, 0.6) is 5.75 Å². The molecular weight excluding hydrogens is 384 g/mol. The van der Waals surface area contributed by atoms with Crippen molar-refractivity contribution in [3.63, 3.8) is 0 Å². The van der Waals surface area contributed by atoms with Crippen LogP contribution in [0.1, 0.15) is 29.3 Å². The Hall–Kier alpha value is -2.34. The molecule has 0 unspecified atom stereocenters. The van der Waals surface area contributed by atoms with Crippen molar-refractivity contribution in [2.24, 2.45) is 0 Å². The van der Waals surface area contributed by atoms with E-state index in [4.69, 9.17) is 4.74 Å². The number of benzene rings is 2.